The summed E-state index contributed by atoms with van der Waals surface area (Å²) in [6, 6.07) is 4.56. The van der Waals surface area contributed by atoms with Crippen molar-refractivity contribution in [3.63, 3.8) is 0 Å². The highest BCUT2D eigenvalue weighted by Gasteiger charge is 2.35. The minimum absolute atomic E-state index is 0.0715. The molecule has 6 nitrogen and oxygen atoms in total. The van der Waals surface area contributed by atoms with Gasteiger partial charge in [0.25, 0.3) is 0 Å². The molecule has 0 aliphatic carbocycles. The van der Waals surface area contributed by atoms with Crippen molar-refractivity contribution in [1.82, 2.24) is 5.32 Å². The van der Waals surface area contributed by atoms with Crippen LogP contribution in [0.5, 0.6) is 0 Å². The molecule has 1 fully saturated rings. The molecule has 1 aliphatic heterocycles. The standard InChI is InChI=1S/C17H19FN2O4/c1-11-5-6-13(9-14(11)18)20-10-12(8-15(20)21)17(23)19-7-3-4-16(22)24-2/h3-6,9,12H,7-8,10H2,1-2H3,(H,19,23)/b4-3+. The molecule has 24 heavy (non-hydrogen) atoms. The molecule has 1 aliphatic rings. The summed E-state index contributed by atoms with van der Waals surface area (Å²) < 4.78 is 18.1. The number of hydrogen-bond donors (Lipinski definition) is 1. The van der Waals surface area contributed by atoms with E-state index in [4.69, 9.17) is 0 Å². The van der Waals surface area contributed by atoms with Gasteiger partial charge in [-0.25, -0.2) is 9.18 Å². The van der Waals surface area contributed by atoms with Gasteiger partial charge in [0.2, 0.25) is 11.8 Å². The first-order chi connectivity index (χ1) is 11.4. The molecule has 1 N–H and O–H groups in total. The molecule has 0 spiro atoms. The predicted octanol–water partition coefficient (Wildman–Crippen LogP) is 1.33. The van der Waals surface area contributed by atoms with Crippen LogP contribution in [0.25, 0.3) is 0 Å². The highest BCUT2D eigenvalue weighted by molar-refractivity contribution is 6.00. The van der Waals surface area contributed by atoms with Crippen molar-refractivity contribution in [2.24, 2.45) is 5.92 Å². The normalized spacial score (nSPS) is 17.4. The first-order valence-corrected chi connectivity index (χ1v) is 7.51. The van der Waals surface area contributed by atoms with Gasteiger partial charge in [-0.2, -0.15) is 0 Å². The van der Waals surface area contributed by atoms with Gasteiger partial charge in [0.05, 0.1) is 13.0 Å². The third-order valence-corrected chi connectivity index (χ3v) is 3.81. The van der Waals surface area contributed by atoms with E-state index in [0.29, 0.717) is 11.3 Å². The topological polar surface area (TPSA) is 75.7 Å². The van der Waals surface area contributed by atoms with E-state index in [1.165, 1.54) is 30.2 Å². The average molecular weight is 334 g/mol. The molecule has 0 saturated carbocycles. The summed E-state index contributed by atoms with van der Waals surface area (Å²) in [6.07, 6.45) is 2.75. The van der Waals surface area contributed by atoms with Gasteiger partial charge in [-0.3, -0.25) is 9.59 Å². The largest absolute Gasteiger partial charge is 0.466 e. The van der Waals surface area contributed by atoms with E-state index in [1.54, 1.807) is 19.1 Å². The number of amides is 2. The Labute approximate surface area is 139 Å². The maximum Gasteiger partial charge on any atom is 0.330 e. The zero-order valence-corrected chi connectivity index (χ0v) is 13.5. The number of carbonyl (C=O) groups excluding carboxylic acids is 3. The molecule has 128 valence electrons. The van der Waals surface area contributed by atoms with Crippen molar-refractivity contribution in [2.45, 2.75) is 13.3 Å². The van der Waals surface area contributed by atoms with E-state index in [9.17, 15) is 18.8 Å². The molecule has 1 heterocycles. The number of aryl methyl sites for hydroxylation is 1. The van der Waals surface area contributed by atoms with E-state index >= 15 is 0 Å². The Bertz CT molecular complexity index is 687. The Morgan fingerprint density at radius 2 is 2.21 bits per heavy atom. The minimum atomic E-state index is -0.507. The Kier molecular flexibility index (Phi) is 5.68. The van der Waals surface area contributed by atoms with Crippen LogP contribution in [0.4, 0.5) is 10.1 Å². The number of methoxy groups -OCH3 is 1. The molecular weight excluding hydrogens is 315 g/mol. The number of nitrogens with one attached hydrogen (secondary N) is 1. The SMILES string of the molecule is COC(=O)/C=C/CNC(=O)C1CC(=O)N(c2ccc(C)c(F)c2)C1. The van der Waals surface area contributed by atoms with Gasteiger partial charge in [-0.05, 0) is 24.6 Å². The smallest absolute Gasteiger partial charge is 0.330 e. The summed E-state index contributed by atoms with van der Waals surface area (Å²) in [7, 11) is 1.26. The van der Waals surface area contributed by atoms with Gasteiger partial charge in [0.1, 0.15) is 5.82 Å². The molecule has 1 saturated heterocycles. The fourth-order valence-corrected chi connectivity index (χ4v) is 2.41. The number of esters is 1. The van der Waals surface area contributed by atoms with Crippen LogP contribution in [-0.2, 0) is 19.1 Å². The number of hydrogen-bond acceptors (Lipinski definition) is 4. The minimum Gasteiger partial charge on any atom is -0.466 e. The predicted molar refractivity (Wildman–Crippen MR) is 85.8 cm³/mol. The summed E-state index contributed by atoms with van der Waals surface area (Å²) in [5, 5.41) is 2.63. The summed E-state index contributed by atoms with van der Waals surface area (Å²) in [4.78, 5) is 36.5. The molecule has 7 heteroatoms. The third-order valence-electron chi connectivity index (χ3n) is 3.81. The van der Waals surface area contributed by atoms with E-state index in [2.05, 4.69) is 10.1 Å². The summed E-state index contributed by atoms with van der Waals surface area (Å²) >= 11 is 0. The molecule has 1 atom stereocenters. The van der Waals surface area contributed by atoms with Crippen molar-refractivity contribution in [1.29, 1.82) is 0 Å². The van der Waals surface area contributed by atoms with E-state index in [0.717, 1.165) is 0 Å². The van der Waals surface area contributed by atoms with Crippen LogP contribution in [0.15, 0.2) is 30.4 Å². The second kappa shape index (κ2) is 7.72. The molecule has 2 rings (SSSR count). The van der Waals surface area contributed by atoms with Gasteiger partial charge in [-0.15, -0.1) is 0 Å². The Morgan fingerprint density at radius 1 is 1.46 bits per heavy atom. The zero-order chi connectivity index (χ0) is 17.7. The van der Waals surface area contributed by atoms with Crippen molar-refractivity contribution in [2.75, 3.05) is 25.1 Å². The molecule has 0 aromatic heterocycles. The number of anilines is 1. The van der Waals surface area contributed by atoms with Gasteiger partial charge >= 0.3 is 5.97 Å². The lowest BCUT2D eigenvalue weighted by Gasteiger charge is -2.17. The lowest BCUT2D eigenvalue weighted by molar-refractivity contribution is -0.135. The molecular formula is C17H19FN2O4. The van der Waals surface area contributed by atoms with Gasteiger partial charge in [0.15, 0.2) is 0 Å². The van der Waals surface area contributed by atoms with Crippen LogP contribution in [0.3, 0.4) is 0 Å². The lowest BCUT2D eigenvalue weighted by Crippen LogP contribution is -2.33. The van der Waals surface area contributed by atoms with Crippen LogP contribution in [-0.4, -0.2) is 38.0 Å². The van der Waals surface area contributed by atoms with Crippen molar-refractivity contribution >= 4 is 23.5 Å². The van der Waals surface area contributed by atoms with Crippen LogP contribution in [0, 0.1) is 18.7 Å². The maximum absolute atomic E-state index is 13.7. The Hall–Kier alpha value is -2.70. The number of nitrogens with zero attached hydrogens (tertiary/aromatic N) is 1. The maximum atomic E-state index is 13.7. The average Bonchev–Trinajstić information content (AvgIpc) is 2.95. The van der Waals surface area contributed by atoms with Crippen molar-refractivity contribution in [3.8, 4) is 0 Å². The second-order valence-corrected chi connectivity index (χ2v) is 5.51. The molecule has 0 bridgehead atoms. The third kappa shape index (κ3) is 4.18. The van der Waals surface area contributed by atoms with E-state index < -0.39 is 11.9 Å². The van der Waals surface area contributed by atoms with Crippen LogP contribution < -0.4 is 10.2 Å². The van der Waals surface area contributed by atoms with Crippen LogP contribution in [0.2, 0.25) is 0 Å². The summed E-state index contributed by atoms with van der Waals surface area (Å²) in [5.74, 6) is -1.90. The number of carbonyl (C=O) groups is 3. The van der Waals surface area contributed by atoms with Gasteiger partial charge in [0, 0.05) is 31.3 Å². The van der Waals surface area contributed by atoms with E-state index in [1.807, 2.05) is 0 Å². The number of halogens is 1. The molecule has 1 aromatic rings. The molecule has 1 aromatic carbocycles. The fourth-order valence-electron chi connectivity index (χ4n) is 2.41. The first-order valence-electron chi connectivity index (χ1n) is 7.51. The van der Waals surface area contributed by atoms with Crippen LogP contribution in [0.1, 0.15) is 12.0 Å². The van der Waals surface area contributed by atoms with Crippen molar-refractivity contribution in [3.05, 3.63) is 41.7 Å². The molecule has 1 unspecified atom stereocenters. The quantitative estimate of drug-likeness (QED) is 0.651. The first kappa shape index (κ1) is 17.7. The fraction of sp³-hybridized carbons (Fsp3) is 0.353. The van der Waals surface area contributed by atoms with Crippen LogP contribution >= 0.6 is 0 Å². The lowest BCUT2D eigenvalue weighted by atomic mass is 10.1. The highest BCUT2D eigenvalue weighted by Crippen LogP contribution is 2.26. The van der Waals surface area contributed by atoms with E-state index in [-0.39, 0.29) is 37.1 Å². The summed E-state index contributed by atoms with van der Waals surface area (Å²) in [6.45, 7) is 2.01. The molecule has 0 radical (unpaired) electrons. The Morgan fingerprint density at radius 3 is 2.88 bits per heavy atom. The molecule has 2 amide bonds. The van der Waals surface area contributed by atoms with Crippen molar-refractivity contribution < 1.29 is 23.5 Å². The number of rotatable bonds is 5. The number of benzene rings is 1. The van der Waals surface area contributed by atoms with Gasteiger partial charge < -0.3 is 15.0 Å². The zero-order valence-electron chi connectivity index (χ0n) is 13.5. The second-order valence-electron chi connectivity index (χ2n) is 5.51. The highest BCUT2D eigenvalue weighted by atomic mass is 19.1. The monoisotopic (exact) mass is 334 g/mol. The van der Waals surface area contributed by atoms with Gasteiger partial charge in [-0.1, -0.05) is 12.1 Å². The Balaban J connectivity index is 1.93. The number of ether oxygens (including phenoxy) is 1. The summed E-state index contributed by atoms with van der Waals surface area (Å²) in [5.41, 5.74) is 0.945.